The van der Waals surface area contributed by atoms with Gasteiger partial charge in [-0.1, -0.05) is 0 Å². The highest BCUT2D eigenvalue weighted by atomic mass is 15.0. The molecule has 0 amide bonds. The van der Waals surface area contributed by atoms with Crippen LogP contribution in [-0.4, -0.2) is 39.6 Å². The maximum atomic E-state index is 4.54. The van der Waals surface area contributed by atoms with Gasteiger partial charge in [0.15, 0.2) is 0 Å². The number of rotatable bonds is 5. The smallest absolute Gasteiger partial charge is 0.144 e. The van der Waals surface area contributed by atoms with E-state index in [2.05, 4.69) is 30.6 Å². The summed E-state index contributed by atoms with van der Waals surface area (Å²) in [7, 11) is 0. The molecule has 0 bridgehead atoms. The van der Waals surface area contributed by atoms with Gasteiger partial charge in [-0.3, -0.25) is 15.0 Å². The van der Waals surface area contributed by atoms with Gasteiger partial charge in [0, 0.05) is 44.0 Å². The lowest BCUT2D eigenvalue weighted by molar-refractivity contribution is 0.454. The lowest BCUT2D eigenvalue weighted by atomic mass is 9.97. The maximum Gasteiger partial charge on any atom is 0.144 e. The van der Waals surface area contributed by atoms with E-state index in [1.165, 1.54) is 12.8 Å². The Morgan fingerprint density at radius 1 is 1.14 bits per heavy atom. The molecule has 1 atom stereocenters. The molecule has 0 aliphatic carbocycles. The predicted octanol–water partition coefficient (Wildman–Crippen LogP) is 1.39. The molecule has 3 heterocycles. The van der Waals surface area contributed by atoms with E-state index in [1.54, 1.807) is 18.6 Å². The van der Waals surface area contributed by atoms with Crippen molar-refractivity contribution in [3.8, 4) is 0 Å². The minimum absolute atomic E-state index is 0.500. The van der Waals surface area contributed by atoms with Crippen LogP contribution in [0, 0.1) is 0 Å². The van der Waals surface area contributed by atoms with E-state index in [4.69, 9.17) is 0 Å². The first-order valence-corrected chi connectivity index (χ1v) is 7.43. The van der Waals surface area contributed by atoms with Crippen molar-refractivity contribution >= 4 is 5.82 Å². The summed E-state index contributed by atoms with van der Waals surface area (Å²) in [6.07, 6.45) is 12.1. The molecule has 3 rings (SSSR count). The molecule has 6 nitrogen and oxygen atoms in total. The molecule has 6 heteroatoms. The lowest BCUT2D eigenvalue weighted by Crippen LogP contribution is -2.28. The highest BCUT2D eigenvalue weighted by Crippen LogP contribution is 2.20. The Balaban J connectivity index is 1.50. The van der Waals surface area contributed by atoms with Gasteiger partial charge in [0.1, 0.15) is 5.82 Å². The molecular formula is C15H20N6. The number of nitrogens with zero attached hydrogens (tertiary/aromatic N) is 4. The van der Waals surface area contributed by atoms with Gasteiger partial charge in [-0.05, 0) is 19.4 Å². The first-order chi connectivity index (χ1) is 10.4. The summed E-state index contributed by atoms with van der Waals surface area (Å²) in [5, 5.41) is 6.67. The van der Waals surface area contributed by atoms with Crippen molar-refractivity contribution < 1.29 is 0 Å². The van der Waals surface area contributed by atoms with Gasteiger partial charge in [-0.25, -0.2) is 4.98 Å². The molecule has 0 saturated carbocycles. The van der Waals surface area contributed by atoms with Gasteiger partial charge in [0.2, 0.25) is 0 Å². The monoisotopic (exact) mass is 284 g/mol. The molecule has 21 heavy (non-hydrogen) atoms. The van der Waals surface area contributed by atoms with Gasteiger partial charge < -0.3 is 10.6 Å². The van der Waals surface area contributed by atoms with Crippen molar-refractivity contribution in [1.29, 1.82) is 0 Å². The van der Waals surface area contributed by atoms with Crippen molar-refractivity contribution in [3.63, 3.8) is 0 Å². The summed E-state index contributed by atoms with van der Waals surface area (Å²) < 4.78 is 0. The number of aromatic nitrogens is 4. The van der Waals surface area contributed by atoms with Crippen LogP contribution in [-0.2, 0) is 6.42 Å². The molecule has 110 valence electrons. The average molecular weight is 284 g/mol. The summed E-state index contributed by atoms with van der Waals surface area (Å²) in [5.41, 5.74) is 2.06. The fourth-order valence-corrected chi connectivity index (χ4v) is 2.52. The second kappa shape index (κ2) is 7.08. The van der Waals surface area contributed by atoms with Crippen LogP contribution in [0.1, 0.15) is 30.1 Å². The number of nitrogens with one attached hydrogen (secondary N) is 2. The molecular weight excluding hydrogens is 264 g/mol. The maximum absolute atomic E-state index is 4.54. The zero-order chi connectivity index (χ0) is 14.3. The third-order valence-corrected chi connectivity index (χ3v) is 3.69. The van der Waals surface area contributed by atoms with E-state index < -0.39 is 0 Å². The zero-order valence-corrected chi connectivity index (χ0v) is 12.0. The van der Waals surface area contributed by atoms with Crippen molar-refractivity contribution in [2.75, 3.05) is 25.0 Å². The van der Waals surface area contributed by atoms with Gasteiger partial charge in [0.25, 0.3) is 0 Å². The van der Waals surface area contributed by atoms with Crippen LogP contribution in [0.2, 0.25) is 0 Å². The molecule has 1 aliphatic heterocycles. The van der Waals surface area contributed by atoms with E-state index in [-0.39, 0.29) is 0 Å². The van der Waals surface area contributed by atoms with Crippen LogP contribution >= 0.6 is 0 Å². The Hall–Kier alpha value is -2.08. The van der Waals surface area contributed by atoms with Crippen LogP contribution in [0.5, 0.6) is 0 Å². The third-order valence-electron chi connectivity index (χ3n) is 3.69. The number of piperidine rings is 1. The molecule has 2 aromatic rings. The normalized spacial score (nSPS) is 18.4. The standard InChI is InChI=1S/C15H20N6/c1-2-12(8-16-4-1)14-10-21-15(11-20-14)19-5-3-13-9-17-6-7-18-13/h6-7,9-12,16H,1-5,8H2,(H,19,21)/t12-/m0/s1. The molecule has 1 fully saturated rings. The van der Waals surface area contributed by atoms with Gasteiger partial charge in [-0.15, -0.1) is 0 Å². The number of anilines is 1. The van der Waals surface area contributed by atoms with Crippen LogP contribution in [0.15, 0.2) is 31.0 Å². The Bertz CT molecular complexity index is 536. The van der Waals surface area contributed by atoms with Crippen LogP contribution in [0.3, 0.4) is 0 Å². The fourth-order valence-electron chi connectivity index (χ4n) is 2.52. The summed E-state index contributed by atoms with van der Waals surface area (Å²) >= 11 is 0. The number of hydrogen-bond donors (Lipinski definition) is 2. The van der Waals surface area contributed by atoms with E-state index in [0.717, 1.165) is 43.3 Å². The van der Waals surface area contributed by atoms with E-state index in [9.17, 15) is 0 Å². The number of hydrogen-bond acceptors (Lipinski definition) is 6. The Kier molecular flexibility index (Phi) is 4.68. The topological polar surface area (TPSA) is 75.6 Å². The molecule has 1 saturated heterocycles. The summed E-state index contributed by atoms with van der Waals surface area (Å²) in [4.78, 5) is 17.3. The summed E-state index contributed by atoms with van der Waals surface area (Å²) in [6, 6.07) is 0. The molecule has 0 unspecified atom stereocenters. The van der Waals surface area contributed by atoms with Crippen LogP contribution < -0.4 is 10.6 Å². The molecule has 0 aromatic carbocycles. The van der Waals surface area contributed by atoms with Crippen LogP contribution in [0.25, 0.3) is 0 Å². The SMILES string of the molecule is c1cnc(CCNc2cnc([C@H]3CCCNC3)cn2)cn1. The van der Waals surface area contributed by atoms with Crippen molar-refractivity contribution in [2.45, 2.75) is 25.2 Å². The largest absolute Gasteiger partial charge is 0.368 e. The summed E-state index contributed by atoms with van der Waals surface area (Å²) in [6.45, 7) is 2.90. The molecule has 2 aromatic heterocycles. The quantitative estimate of drug-likeness (QED) is 0.864. The Morgan fingerprint density at radius 3 is 2.86 bits per heavy atom. The Labute approximate surface area is 124 Å². The van der Waals surface area contributed by atoms with Crippen LogP contribution in [0.4, 0.5) is 5.82 Å². The summed E-state index contributed by atoms with van der Waals surface area (Å²) in [5.74, 6) is 1.31. The van der Waals surface area contributed by atoms with Crippen molar-refractivity contribution in [2.24, 2.45) is 0 Å². The molecule has 1 aliphatic rings. The minimum Gasteiger partial charge on any atom is -0.368 e. The highest BCUT2D eigenvalue weighted by Gasteiger charge is 2.16. The minimum atomic E-state index is 0.500. The van der Waals surface area contributed by atoms with Gasteiger partial charge in [-0.2, -0.15) is 0 Å². The molecule has 2 N–H and O–H groups in total. The lowest BCUT2D eigenvalue weighted by Gasteiger charge is -2.21. The van der Waals surface area contributed by atoms with Crippen molar-refractivity contribution in [1.82, 2.24) is 25.3 Å². The fraction of sp³-hybridized carbons (Fsp3) is 0.467. The molecule has 0 radical (unpaired) electrons. The zero-order valence-electron chi connectivity index (χ0n) is 12.0. The van der Waals surface area contributed by atoms with E-state index >= 15 is 0 Å². The third kappa shape index (κ3) is 3.95. The van der Waals surface area contributed by atoms with E-state index in [1.807, 2.05) is 12.4 Å². The Morgan fingerprint density at radius 2 is 2.14 bits per heavy atom. The van der Waals surface area contributed by atoms with E-state index in [0.29, 0.717) is 5.92 Å². The first-order valence-electron chi connectivity index (χ1n) is 7.43. The predicted molar refractivity (Wildman–Crippen MR) is 81.1 cm³/mol. The highest BCUT2D eigenvalue weighted by molar-refractivity contribution is 5.31. The van der Waals surface area contributed by atoms with Gasteiger partial charge >= 0.3 is 0 Å². The molecule has 0 spiro atoms. The first kappa shape index (κ1) is 13.9. The second-order valence-corrected chi connectivity index (χ2v) is 5.24. The van der Waals surface area contributed by atoms with Crippen molar-refractivity contribution in [3.05, 3.63) is 42.4 Å². The average Bonchev–Trinajstić information content (AvgIpc) is 2.57. The second-order valence-electron chi connectivity index (χ2n) is 5.24. The van der Waals surface area contributed by atoms with Gasteiger partial charge in [0.05, 0.1) is 23.8 Å².